The third-order valence-electron chi connectivity index (χ3n) is 13.6. The van der Waals surface area contributed by atoms with Crippen molar-refractivity contribution in [2.45, 2.75) is 200 Å². The number of aliphatic carboxylic acids is 2. The number of rotatable bonds is 24. The predicted octanol–water partition coefficient (Wildman–Crippen LogP) is 14.1. The summed E-state index contributed by atoms with van der Waals surface area (Å²) in [5.41, 5.74) is 8.96. The lowest BCUT2D eigenvalue weighted by Crippen LogP contribution is -2.33. The summed E-state index contributed by atoms with van der Waals surface area (Å²) < 4.78 is 2.19. The number of allylic oxidation sites excluding steroid dienone is 6. The number of hydrogen-bond donors (Lipinski definition) is 2. The Balaban J connectivity index is 1.95. The van der Waals surface area contributed by atoms with E-state index in [1.165, 1.54) is 41.5 Å². The van der Waals surface area contributed by atoms with Crippen molar-refractivity contribution in [1.29, 1.82) is 5.26 Å². The van der Waals surface area contributed by atoms with Crippen LogP contribution in [0.4, 0.5) is 11.4 Å². The molecule has 1 atom stereocenters. The third kappa shape index (κ3) is 12.2. The van der Waals surface area contributed by atoms with Crippen molar-refractivity contribution in [2.75, 3.05) is 18.0 Å². The summed E-state index contributed by atoms with van der Waals surface area (Å²) in [4.78, 5) is 26.5. The van der Waals surface area contributed by atoms with E-state index in [2.05, 4.69) is 133 Å². The van der Waals surface area contributed by atoms with Crippen LogP contribution in [-0.2, 0) is 31.2 Å². The SMILES string of the molecule is CCCCCCC1(C)C(/C=C/C(C#N)=C/C=C2/N(CCC(=O)O)c3ccc(C(C)(C)C)cc3C2(CCCCCC)CCCCCC)=[N+](CCC(=O)O)c2ccc(C(C)(C)C)cc21. The van der Waals surface area contributed by atoms with Gasteiger partial charge in [-0.05, 0) is 84.1 Å². The van der Waals surface area contributed by atoms with E-state index < -0.39 is 11.9 Å². The molecule has 7 nitrogen and oxygen atoms in total. The monoisotopic (exact) mass is 847 g/mol. The maximum absolute atomic E-state index is 12.2. The fourth-order valence-electron chi connectivity index (χ4n) is 9.81. The zero-order valence-corrected chi connectivity index (χ0v) is 40.3. The van der Waals surface area contributed by atoms with Crippen molar-refractivity contribution in [3.05, 3.63) is 94.2 Å². The normalized spacial score (nSPS) is 18.2. The summed E-state index contributed by atoms with van der Waals surface area (Å²) in [6, 6.07) is 16.0. The van der Waals surface area contributed by atoms with Gasteiger partial charge in [-0.2, -0.15) is 9.84 Å². The Morgan fingerprint density at radius 2 is 1.27 bits per heavy atom. The van der Waals surface area contributed by atoms with Gasteiger partial charge in [-0.25, -0.2) is 0 Å². The second kappa shape index (κ2) is 22.3. The van der Waals surface area contributed by atoms with Crippen LogP contribution in [0.15, 0.2) is 72.0 Å². The second-order valence-electron chi connectivity index (χ2n) is 20.4. The first kappa shape index (κ1) is 50.2. The Morgan fingerprint density at radius 3 is 1.79 bits per heavy atom. The first-order valence-corrected chi connectivity index (χ1v) is 24.0. The van der Waals surface area contributed by atoms with Crippen molar-refractivity contribution in [3.63, 3.8) is 0 Å². The lowest BCUT2D eigenvalue weighted by atomic mass is 9.70. The van der Waals surface area contributed by atoms with E-state index in [1.54, 1.807) is 0 Å². The molecule has 0 saturated carbocycles. The summed E-state index contributed by atoms with van der Waals surface area (Å²) in [6.45, 7) is 23.2. The van der Waals surface area contributed by atoms with Gasteiger partial charge in [-0.3, -0.25) is 9.59 Å². The Bertz CT molecular complexity index is 2020. The van der Waals surface area contributed by atoms with Crippen molar-refractivity contribution in [2.24, 2.45) is 0 Å². The summed E-state index contributed by atoms with van der Waals surface area (Å²) in [5, 5.41) is 30.7. The molecular weight excluding hydrogens is 767 g/mol. The minimum Gasteiger partial charge on any atom is -0.481 e. The average Bonchev–Trinajstić information content (AvgIpc) is 3.61. The number of unbranched alkanes of at least 4 members (excludes halogenated alkanes) is 9. The highest BCUT2D eigenvalue weighted by atomic mass is 16.4. The Labute approximate surface area is 375 Å². The standard InChI is InChI=1S/C55H79N3O4/c1-11-14-17-20-33-54(10)44-38-42(52(4,5)6)25-27-46(44)57(36-31-50(59)60)48(54)29-23-41(40-56)24-30-49-55(34-21-18-15-12-2,35-22-19-16-13-3)45-39-43(53(7,8)9)26-28-47(45)58(49)37-32-51(61)62/h23-30,38-39H,11-22,31-37H2,1-10H3,(H-,59,60,61,62)/p+1. The molecule has 7 heteroatoms. The second-order valence-corrected chi connectivity index (χ2v) is 20.4. The molecule has 2 aromatic carbocycles. The number of nitriles is 1. The minimum absolute atomic E-state index is 0.000971. The van der Waals surface area contributed by atoms with Crippen LogP contribution in [0.1, 0.15) is 201 Å². The number of anilines is 1. The maximum Gasteiger partial charge on any atom is 0.309 e. The molecule has 0 amide bonds. The van der Waals surface area contributed by atoms with Gasteiger partial charge in [-0.1, -0.05) is 158 Å². The van der Waals surface area contributed by atoms with Crippen molar-refractivity contribution in [3.8, 4) is 6.07 Å². The lowest BCUT2D eigenvalue weighted by Gasteiger charge is -2.35. The quantitative estimate of drug-likeness (QED) is 0.0472. The Morgan fingerprint density at radius 1 is 0.742 bits per heavy atom. The number of nitrogens with zero attached hydrogens (tertiary/aromatic N) is 3. The maximum atomic E-state index is 12.2. The van der Waals surface area contributed by atoms with Crippen LogP contribution in [0.25, 0.3) is 0 Å². The zero-order chi connectivity index (χ0) is 45.7. The van der Waals surface area contributed by atoms with Gasteiger partial charge in [0.15, 0.2) is 12.3 Å². The van der Waals surface area contributed by atoms with Crippen LogP contribution in [0.2, 0.25) is 0 Å². The molecule has 338 valence electrons. The van der Waals surface area contributed by atoms with E-state index in [0.29, 0.717) is 18.7 Å². The van der Waals surface area contributed by atoms with Gasteiger partial charge in [0.2, 0.25) is 5.69 Å². The first-order chi connectivity index (χ1) is 29.4. The van der Waals surface area contributed by atoms with Gasteiger partial charge in [-0.15, -0.1) is 0 Å². The zero-order valence-electron chi connectivity index (χ0n) is 40.3. The molecule has 1 unspecified atom stereocenters. The van der Waals surface area contributed by atoms with Gasteiger partial charge in [0.1, 0.15) is 6.42 Å². The van der Waals surface area contributed by atoms with Gasteiger partial charge < -0.3 is 15.1 Å². The summed E-state index contributed by atoms with van der Waals surface area (Å²) in [5.74, 6) is -1.67. The molecule has 0 fully saturated rings. The molecule has 0 aliphatic carbocycles. The van der Waals surface area contributed by atoms with Crippen LogP contribution >= 0.6 is 0 Å². The fraction of sp³-hybridized carbons (Fsp3) is 0.600. The van der Waals surface area contributed by atoms with Crippen LogP contribution < -0.4 is 4.90 Å². The summed E-state index contributed by atoms with van der Waals surface area (Å²) in [6.07, 6.45) is 24.5. The molecule has 2 aliphatic heterocycles. The molecule has 62 heavy (non-hydrogen) atoms. The predicted molar refractivity (Wildman–Crippen MR) is 258 cm³/mol. The molecule has 0 saturated heterocycles. The number of fused-ring (bicyclic) bond motifs is 2. The Kier molecular flexibility index (Phi) is 18.0. The number of carboxylic acid groups (broad SMARTS) is 2. The van der Waals surface area contributed by atoms with Crippen LogP contribution in [0.3, 0.4) is 0 Å². The van der Waals surface area contributed by atoms with Crippen LogP contribution in [0.5, 0.6) is 0 Å². The first-order valence-electron chi connectivity index (χ1n) is 24.0. The number of benzene rings is 2. The average molecular weight is 847 g/mol. The van der Waals surface area contributed by atoms with E-state index in [4.69, 9.17) is 0 Å². The summed E-state index contributed by atoms with van der Waals surface area (Å²) >= 11 is 0. The molecule has 0 aromatic heterocycles. The summed E-state index contributed by atoms with van der Waals surface area (Å²) in [7, 11) is 0. The van der Waals surface area contributed by atoms with Gasteiger partial charge in [0, 0.05) is 41.1 Å². The van der Waals surface area contributed by atoms with Gasteiger partial charge >= 0.3 is 11.9 Å². The van der Waals surface area contributed by atoms with E-state index in [9.17, 15) is 25.1 Å². The van der Waals surface area contributed by atoms with Crippen molar-refractivity contribution < 1.29 is 24.4 Å². The van der Waals surface area contributed by atoms with E-state index in [-0.39, 0.29) is 34.5 Å². The molecule has 2 aromatic rings. The van der Waals surface area contributed by atoms with Crippen LogP contribution in [0, 0.1) is 11.3 Å². The molecule has 0 radical (unpaired) electrons. The van der Waals surface area contributed by atoms with E-state index in [0.717, 1.165) is 99.8 Å². The van der Waals surface area contributed by atoms with Crippen LogP contribution in [-0.4, -0.2) is 45.5 Å². The fourth-order valence-corrected chi connectivity index (χ4v) is 9.81. The number of hydrogen-bond acceptors (Lipinski definition) is 4. The molecule has 2 heterocycles. The molecular formula is C55H80N3O4+. The van der Waals surface area contributed by atoms with E-state index in [1.807, 2.05) is 12.2 Å². The molecule has 4 rings (SSSR count). The number of carbonyl (C=O) groups is 2. The largest absolute Gasteiger partial charge is 0.481 e. The Hall–Kier alpha value is -4.44. The molecule has 0 bridgehead atoms. The van der Waals surface area contributed by atoms with Crippen molar-refractivity contribution in [1.82, 2.24) is 0 Å². The van der Waals surface area contributed by atoms with Gasteiger partial charge in [0.25, 0.3) is 0 Å². The van der Waals surface area contributed by atoms with Gasteiger partial charge in [0.05, 0.1) is 23.5 Å². The number of carboxylic acids is 2. The van der Waals surface area contributed by atoms with E-state index >= 15 is 0 Å². The molecule has 0 spiro atoms. The minimum atomic E-state index is -0.838. The smallest absolute Gasteiger partial charge is 0.309 e. The lowest BCUT2D eigenvalue weighted by molar-refractivity contribution is -0.436. The molecule has 2 N–H and O–H groups in total. The highest BCUT2D eigenvalue weighted by Crippen LogP contribution is 2.55. The molecule has 2 aliphatic rings. The third-order valence-corrected chi connectivity index (χ3v) is 13.6. The highest BCUT2D eigenvalue weighted by molar-refractivity contribution is 6.03. The van der Waals surface area contributed by atoms with Crippen molar-refractivity contribution >= 4 is 29.0 Å². The highest BCUT2D eigenvalue weighted by Gasteiger charge is 2.49. The topological polar surface area (TPSA) is 105 Å².